The predicted octanol–water partition coefficient (Wildman–Crippen LogP) is 5.71. The van der Waals surface area contributed by atoms with E-state index in [0.29, 0.717) is 11.8 Å². The standard InChI is InChI=1S/C19H27NO/c1-3-4-5-6-7-10-15(2)20-18-13-8-12-17-16(18)11-9-14-19(17)21/h8-9,11-15,20-21H,3-7,10H2,1-2H3. The number of anilines is 1. The summed E-state index contributed by atoms with van der Waals surface area (Å²) >= 11 is 0. The summed E-state index contributed by atoms with van der Waals surface area (Å²) in [6, 6.07) is 12.2. The van der Waals surface area contributed by atoms with Gasteiger partial charge in [0.1, 0.15) is 5.75 Å². The lowest BCUT2D eigenvalue weighted by atomic mass is 10.0. The van der Waals surface area contributed by atoms with Gasteiger partial charge in [-0.2, -0.15) is 0 Å². The molecule has 0 aliphatic heterocycles. The van der Waals surface area contributed by atoms with Crippen LogP contribution in [0.5, 0.6) is 5.75 Å². The number of benzene rings is 2. The monoisotopic (exact) mass is 285 g/mol. The Labute approximate surface area is 128 Å². The summed E-state index contributed by atoms with van der Waals surface area (Å²) in [6.45, 7) is 4.49. The van der Waals surface area contributed by atoms with Crippen LogP contribution in [0.25, 0.3) is 10.8 Å². The van der Waals surface area contributed by atoms with E-state index in [0.717, 1.165) is 16.5 Å². The minimum Gasteiger partial charge on any atom is -0.507 e. The number of rotatable bonds is 8. The maximum atomic E-state index is 9.93. The Bertz CT molecular complexity index is 564. The smallest absolute Gasteiger partial charge is 0.123 e. The van der Waals surface area contributed by atoms with E-state index < -0.39 is 0 Å². The average molecular weight is 285 g/mol. The minimum absolute atomic E-state index is 0.350. The van der Waals surface area contributed by atoms with E-state index in [1.165, 1.54) is 38.5 Å². The topological polar surface area (TPSA) is 32.3 Å². The van der Waals surface area contributed by atoms with E-state index >= 15 is 0 Å². The number of aromatic hydroxyl groups is 1. The Hall–Kier alpha value is -1.70. The summed E-state index contributed by atoms with van der Waals surface area (Å²) in [5, 5.41) is 15.5. The number of phenolic OH excluding ortho intramolecular Hbond substituents is 1. The molecule has 0 heterocycles. The van der Waals surface area contributed by atoms with Gasteiger partial charge in [0.25, 0.3) is 0 Å². The average Bonchev–Trinajstić information content (AvgIpc) is 2.48. The number of unbranched alkanes of at least 4 members (excludes halogenated alkanes) is 4. The van der Waals surface area contributed by atoms with Crippen molar-refractivity contribution >= 4 is 16.5 Å². The van der Waals surface area contributed by atoms with Gasteiger partial charge in [0, 0.05) is 22.5 Å². The maximum Gasteiger partial charge on any atom is 0.123 e. The lowest BCUT2D eigenvalue weighted by Gasteiger charge is -2.17. The first-order valence-electron chi connectivity index (χ1n) is 8.19. The third-order valence-corrected chi connectivity index (χ3v) is 4.04. The normalized spacial score (nSPS) is 12.5. The third-order valence-electron chi connectivity index (χ3n) is 4.04. The highest BCUT2D eigenvalue weighted by atomic mass is 16.3. The van der Waals surface area contributed by atoms with Gasteiger partial charge in [-0.05, 0) is 25.5 Å². The second-order valence-corrected chi connectivity index (χ2v) is 5.93. The van der Waals surface area contributed by atoms with Gasteiger partial charge in [0.2, 0.25) is 0 Å². The van der Waals surface area contributed by atoms with Gasteiger partial charge in [-0.3, -0.25) is 0 Å². The van der Waals surface area contributed by atoms with Crippen LogP contribution in [0.15, 0.2) is 36.4 Å². The molecule has 0 aromatic heterocycles. The summed E-state index contributed by atoms with van der Waals surface area (Å²) < 4.78 is 0. The lowest BCUT2D eigenvalue weighted by molar-refractivity contribution is 0.481. The zero-order valence-corrected chi connectivity index (χ0v) is 13.2. The quantitative estimate of drug-likeness (QED) is 0.609. The van der Waals surface area contributed by atoms with E-state index in [-0.39, 0.29) is 0 Å². The molecule has 2 aromatic carbocycles. The molecule has 114 valence electrons. The van der Waals surface area contributed by atoms with E-state index in [1.54, 1.807) is 6.07 Å². The van der Waals surface area contributed by atoms with Crippen LogP contribution in [-0.2, 0) is 0 Å². The van der Waals surface area contributed by atoms with Crippen molar-refractivity contribution in [3.8, 4) is 5.75 Å². The second kappa shape index (κ2) is 7.92. The van der Waals surface area contributed by atoms with Crippen LogP contribution in [0.3, 0.4) is 0 Å². The molecule has 0 amide bonds. The summed E-state index contributed by atoms with van der Waals surface area (Å²) in [5.74, 6) is 0.350. The van der Waals surface area contributed by atoms with Crippen LogP contribution in [-0.4, -0.2) is 11.1 Å². The van der Waals surface area contributed by atoms with Crippen molar-refractivity contribution in [3.63, 3.8) is 0 Å². The Morgan fingerprint density at radius 3 is 2.48 bits per heavy atom. The van der Waals surface area contributed by atoms with E-state index in [4.69, 9.17) is 0 Å². The Morgan fingerprint density at radius 1 is 0.952 bits per heavy atom. The molecule has 2 rings (SSSR count). The summed E-state index contributed by atoms with van der Waals surface area (Å²) in [7, 11) is 0. The predicted molar refractivity (Wildman–Crippen MR) is 92.1 cm³/mol. The van der Waals surface area contributed by atoms with Crippen LogP contribution in [0.4, 0.5) is 5.69 Å². The van der Waals surface area contributed by atoms with Crippen molar-refractivity contribution in [2.45, 2.75) is 58.4 Å². The molecular formula is C19H27NO. The van der Waals surface area contributed by atoms with Crippen LogP contribution in [0, 0.1) is 0 Å². The van der Waals surface area contributed by atoms with Gasteiger partial charge < -0.3 is 10.4 Å². The molecule has 2 aromatic rings. The van der Waals surface area contributed by atoms with Gasteiger partial charge in [-0.15, -0.1) is 0 Å². The summed E-state index contributed by atoms with van der Waals surface area (Å²) in [6.07, 6.45) is 7.81. The molecule has 2 nitrogen and oxygen atoms in total. The molecule has 1 atom stereocenters. The highest BCUT2D eigenvalue weighted by molar-refractivity contribution is 5.97. The fourth-order valence-corrected chi connectivity index (χ4v) is 2.81. The maximum absolute atomic E-state index is 9.93. The van der Waals surface area contributed by atoms with E-state index in [9.17, 15) is 5.11 Å². The Morgan fingerprint density at radius 2 is 1.67 bits per heavy atom. The molecule has 0 fully saturated rings. The number of fused-ring (bicyclic) bond motifs is 1. The van der Waals surface area contributed by atoms with E-state index in [1.807, 2.05) is 18.2 Å². The molecule has 0 saturated carbocycles. The van der Waals surface area contributed by atoms with Gasteiger partial charge >= 0.3 is 0 Å². The largest absolute Gasteiger partial charge is 0.507 e. The van der Waals surface area contributed by atoms with Gasteiger partial charge in [-0.25, -0.2) is 0 Å². The van der Waals surface area contributed by atoms with Crippen molar-refractivity contribution in [1.82, 2.24) is 0 Å². The fraction of sp³-hybridized carbons (Fsp3) is 0.474. The number of nitrogens with one attached hydrogen (secondary N) is 1. The first kappa shape index (κ1) is 15.7. The van der Waals surface area contributed by atoms with Crippen LogP contribution < -0.4 is 5.32 Å². The number of hydrogen-bond acceptors (Lipinski definition) is 2. The molecule has 0 bridgehead atoms. The first-order chi connectivity index (χ1) is 10.2. The first-order valence-corrected chi connectivity index (χ1v) is 8.19. The molecule has 21 heavy (non-hydrogen) atoms. The van der Waals surface area contributed by atoms with Gasteiger partial charge in [0.15, 0.2) is 0 Å². The zero-order chi connectivity index (χ0) is 15.1. The van der Waals surface area contributed by atoms with E-state index in [2.05, 4.69) is 31.3 Å². The van der Waals surface area contributed by atoms with Crippen molar-refractivity contribution in [2.24, 2.45) is 0 Å². The third kappa shape index (κ3) is 4.38. The van der Waals surface area contributed by atoms with Crippen molar-refractivity contribution < 1.29 is 5.11 Å². The van der Waals surface area contributed by atoms with Gasteiger partial charge in [0.05, 0.1) is 0 Å². The lowest BCUT2D eigenvalue weighted by Crippen LogP contribution is -2.15. The highest BCUT2D eigenvalue weighted by Gasteiger charge is 2.07. The highest BCUT2D eigenvalue weighted by Crippen LogP contribution is 2.30. The summed E-state index contributed by atoms with van der Waals surface area (Å²) in [4.78, 5) is 0. The SMILES string of the molecule is CCCCCCCC(C)Nc1cccc2c(O)cccc12. The van der Waals surface area contributed by atoms with Gasteiger partial charge in [-0.1, -0.05) is 63.3 Å². The molecule has 0 aliphatic rings. The molecule has 1 unspecified atom stereocenters. The Kier molecular flexibility index (Phi) is 5.91. The molecule has 0 spiro atoms. The fourth-order valence-electron chi connectivity index (χ4n) is 2.81. The molecular weight excluding hydrogens is 258 g/mol. The molecule has 0 aliphatic carbocycles. The molecule has 0 radical (unpaired) electrons. The van der Waals surface area contributed by atoms with Crippen molar-refractivity contribution in [1.29, 1.82) is 0 Å². The minimum atomic E-state index is 0.350. The van der Waals surface area contributed by atoms with Crippen molar-refractivity contribution in [3.05, 3.63) is 36.4 Å². The molecule has 2 heteroatoms. The Balaban J connectivity index is 1.95. The second-order valence-electron chi connectivity index (χ2n) is 5.93. The van der Waals surface area contributed by atoms with Crippen LogP contribution >= 0.6 is 0 Å². The molecule has 0 saturated heterocycles. The number of hydrogen-bond donors (Lipinski definition) is 2. The van der Waals surface area contributed by atoms with Crippen LogP contribution in [0.1, 0.15) is 52.4 Å². The van der Waals surface area contributed by atoms with Crippen LogP contribution in [0.2, 0.25) is 0 Å². The molecule has 2 N–H and O–H groups in total. The zero-order valence-electron chi connectivity index (χ0n) is 13.2. The number of phenols is 1. The summed E-state index contributed by atoms with van der Waals surface area (Å²) in [5.41, 5.74) is 1.12. The van der Waals surface area contributed by atoms with Crippen molar-refractivity contribution in [2.75, 3.05) is 5.32 Å².